The molecule has 2 bridgehead atoms. The van der Waals surface area contributed by atoms with Gasteiger partial charge in [0.05, 0.1) is 22.7 Å². The number of aliphatic hydroxyl groups excluding tert-OH is 1. The zero-order valence-electron chi connectivity index (χ0n) is 17.9. The highest BCUT2D eigenvalue weighted by atomic mass is 32.2. The Labute approximate surface area is 174 Å². The molecule has 4 nitrogen and oxygen atoms in total. The summed E-state index contributed by atoms with van der Waals surface area (Å²) in [5.41, 5.74) is 2.22. The van der Waals surface area contributed by atoms with Gasteiger partial charge in [-0.15, -0.1) is 0 Å². The topological polar surface area (TPSA) is 57.6 Å². The normalized spacial score (nSPS) is 30.5. The first-order valence-corrected chi connectivity index (χ1v) is 11.8. The van der Waals surface area contributed by atoms with Gasteiger partial charge in [-0.3, -0.25) is 4.31 Å². The first-order chi connectivity index (χ1) is 13.5. The molecular weight excluding hydrogens is 382 g/mol. The fourth-order valence-electron chi connectivity index (χ4n) is 5.83. The standard InChI is InChI=1S/C24H31NO3S/c1-16-13-17(2)15-18(14-16)25(29(27,28)19-9-7-6-8-10-19)21-20-11-12-24(5,22(21)26)23(20,3)4/h6-10,13-15,20-22,26H,11-12H2,1-5H3/t20-,21?,22+,24-/m0/s1. The Morgan fingerprint density at radius 2 is 1.59 bits per heavy atom. The van der Waals surface area contributed by atoms with Crippen LogP contribution in [0, 0.1) is 30.6 Å². The van der Waals surface area contributed by atoms with Crippen LogP contribution in [0.1, 0.15) is 44.7 Å². The van der Waals surface area contributed by atoms with Gasteiger partial charge in [0.25, 0.3) is 10.0 Å². The van der Waals surface area contributed by atoms with Gasteiger partial charge in [0, 0.05) is 5.41 Å². The van der Waals surface area contributed by atoms with Gasteiger partial charge in [-0.2, -0.15) is 0 Å². The Bertz CT molecular complexity index is 1010. The molecule has 0 heterocycles. The third-order valence-electron chi connectivity index (χ3n) is 7.79. The molecule has 2 aromatic carbocycles. The molecule has 2 aliphatic carbocycles. The molecule has 0 spiro atoms. The fourth-order valence-corrected chi connectivity index (χ4v) is 7.53. The minimum Gasteiger partial charge on any atom is -0.390 e. The number of sulfonamides is 1. The Balaban J connectivity index is 1.93. The number of rotatable bonds is 4. The molecule has 4 atom stereocenters. The molecule has 5 heteroatoms. The summed E-state index contributed by atoms with van der Waals surface area (Å²) in [4.78, 5) is 0.261. The summed E-state index contributed by atoms with van der Waals surface area (Å²) in [7, 11) is -3.83. The van der Waals surface area contributed by atoms with Crippen molar-refractivity contribution in [2.75, 3.05) is 4.31 Å². The van der Waals surface area contributed by atoms with Gasteiger partial charge in [-0.25, -0.2) is 8.42 Å². The van der Waals surface area contributed by atoms with Crippen LogP contribution in [0.4, 0.5) is 5.69 Å². The average Bonchev–Trinajstić information content (AvgIpc) is 2.95. The molecule has 156 valence electrons. The van der Waals surface area contributed by atoms with Crippen LogP contribution < -0.4 is 4.31 Å². The van der Waals surface area contributed by atoms with Gasteiger partial charge >= 0.3 is 0 Å². The average molecular weight is 414 g/mol. The molecule has 2 saturated carbocycles. The Morgan fingerprint density at radius 3 is 2.10 bits per heavy atom. The second-order valence-corrected chi connectivity index (χ2v) is 11.5. The van der Waals surface area contributed by atoms with Crippen molar-refractivity contribution in [3.63, 3.8) is 0 Å². The molecule has 0 radical (unpaired) electrons. The van der Waals surface area contributed by atoms with Gasteiger partial charge in [0.15, 0.2) is 0 Å². The first-order valence-electron chi connectivity index (χ1n) is 10.4. The predicted molar refractivity (Wildman–Crippen MR) is 116 cm³/mol. The van der Waals surface area contributed by atoms with E-state index in [1.54, 1.807) is 24.3 Å². The third-order valence-corrected chi connectivity index (χ3v) is 9.63. The van der Waals surface area contributed by atoms with E-state index < -0.39 is 22.2 Å². The van der Waals surface area contributed by atoms with E-state index in [4.69, 9.17) is 0 Å². The first kappa shape index (κ1) is 20.4. The lowest BCUT2D eigenvalue weighted by atomic mass is 9.70. The highest BCUT2D eigenvalue weighted by molar-refractivity contribution is 7.92. The van der Waals surface area contributed by atoms with Crippen LogP contribution in [-0.2, 0) is 10.0 Å². The molecule has 1 unspecified atom stereocenters. The maximum Gasteiger partial charge on any atom is 0.264 e. The van der Waals surface area contributed by atoms with Gasteiger partial charge in [-0.1, -0.05) is 45.0 Å². The van der Waals surface area contributed by atoms with E-state index in [0.29, 0.717) is 5.69 Å². The van der Waals surface area contributed by atoms with Gasteiger partial charge in [-0.05, 0) is 73.4 Å². The van der Waals surface area contributed by atoms with Crippen molar-refractivity contribution >= 4 is 15.7 Å². The van der Waals surface area contributed by atoms with E-state index in [9.17, 15) is 13.5 Å². The Morgan fingerprint density at radius 1 is 1.00 bits per heavy atom. The number of aliphatic hydroxyl groups is 1. The summed E-state index contributed by atoms with van der Waals surface area (Å²) in [5.74, 6) is 0.0989. The van der Waals surface area contributed by atoms with E-state index >= 15 is 0 Å². The van der Waals surface area contributed by atoms with Crippen molar-refractivity contribution in [2.24, 2.45) is 16.7 Å². The molecule has 1 N–H and O–H groups in total. The van der Waals surface area contributed by atoms with Crippen molar-refractivity contribution < 1.29 is 13.5 Å². The van der Waals surface area contributed by atoms with Crippen LogP contribution in [0.2, 0.25) is 0 Å². The van der Waals surface area contributed by atoms with Crippen molar-refractivity contribution in [1.82, 2.24) is 0 Å². The lowest BCUT2D eigenvalue weighted by Crippen LogP contribution is -2.52. The number of nitrogens with zero attached hydrogens (tertiary/aromatic N) is 1. The number of aryl methyl sites for hydroxylation is 2. The largest absolute Gasteiger partial charge is 0.390 e. The van der Waals surface area contributed by atoms with Gasteiger partial charge in [0.1, 0.15) is 0 Å². The summed E-state index contributed by atoms with van der Waals surface area (Å²) in [6, 6.07) is 14.0. The number of hydrogen-bond acceptors (Lipinski definition) is 3. The van der Waals surface area contributed by atoms with Crippen LogP contribution in [-0.4, -0.2) is 25.7 Å². The molecule has 4 rings (SSSR count). The summed E-state index contributed by atoms with van der Waals surface area (Å²) in [6.07, 6.45) is 1.14. The minimum absolute atomic E-state index is 0.0989. The zero-order chi connectivity index (χ0) is 21.2. The van der Waals surface area contributed by atoms with Gasteiger partial charge in [0.2, 0.25) is 0 Å². The van der Waals surface area contributed by atoms with Gasteiger partial charge < -0.3 is 5.11 Å². The van der Waals surface area contributed by atoms with Crippen molar-refractivity contribution in [2.45, 2.75) is 64.5 Å². The smallest absolute Gasteiger partial charge is 0.264 e. The molecule has 0 saturated heterocycles. The molecule has 0 amide bonds. The zero-order valence-corrected chi connectivity index (χ0v) is 18.7. The highest BCUT2D eigenvalue weighted by Crippen LogP contribution is 2.67. The van der Waals surface area contributed by atoms with Crippen molar-refractivity contribution in [3.8, 4) is 0 Å². The second-order valence-electron chi connectivity index (χ2n) is 9.68. The van der Waals surface area contributed by atoms with Crippen LogP contribution in [0.3, 0.4) is 0 Å². The predicted octanol–water partition coefficient (Wildman–Crippen LogP) is 4.68. The van der Waals surface area contributed by atoms with E-state index in [1.165, 1.54) is 4.31 Å². The van der Waals surface area contributed by atoms with E-state index in [2.05, 4.69) is 20.8 Å². The van der Waals surface area contributed by atoms with Crippen LogP contribution in [0.15, 0.2) is 53.4 Å². The van der Waals surface area contributed by atoms with E-state index in [-0.39, 0.29) is 21.6 Å². The lowest BCUT2D eigenvalue weighted by Gasteiger charge is -2.40. The molecule has 2 aromatic rings. The number of anilines is 1. The number of hydrogen-bond donors (Lipinski definition) is 1. The van der Waals surface area contributed by atoms with E-state index in [0.717, 1.165) is 24.0 Å². The fraction of sp³-hybridized carbons (Fsp3) is 0.500. The summed E-state index contributed by atoms with van der Waals surface area (Å²) in [6.45, 7) is 10.4. The maximum absolute atomic E-state index is 13.9. The van der Waals surface area contributed by atoms with Crippen LogP contribution in [0.5, 0.6) is 0 Å². The number of benzene rings is 2. The monoisotopic (exact) mass is 413 g/mol. The SMILES string of the molecule is Cc1cc(C)cc(N(C2[C@@H](O)[C@]3(C)CC[C@@H]2C3(C)C)S(=O)(=O)c2ccccc2)c1. The molecule has 0 aromatic heterocycles. The number of fused-ring (bicyclic) bond motifs is 2. The molecule has 2 aliphatic rings. The van der Waals surface area contributed by atoms with Crippen molar-refractivity contribution in [1.29, 1.82) is 0 Å². The molecule has 2 fully saturated rings. The van der Waals surface area contributed by atoms with Crippen molar-refractivity contribution in [3.05, 3.63) is 59.7 Å². The van der Waals surface area contributed by atoms with Crippen LogP contribution >= 0.6 is 0 Å². The second kappa shape index (κ2) is 6.58. The highest BCUT2D eigenvalue weighted by Gasteiger charge is 2.68. The maximum atomic E-state index is 13.9. The minimum atomic E-state index is -3.83. The Kier molecular flexibility index (Phi) is 4.63. The quantitative estimate of drug-likeness (QED) is 0.791. The summed E-state index contributed by atoms with van der Waals surface area (Å²) < 4.78 is 29.3. The summed E-state index contributed by atoms with van der Waals surface area (Å²) in [5, 5.41) is 11.4. The van der Waals surface area contributed by atoms with Crippen LogP contribution in [0.25, 0.3) is 0 Å². The molecule has 29 heavy (non-hydrogen) atoms. The van der Waals surface area contributed by atoms with E-state index in [1.807, 2.05) is 38.1 Å². The lowest BCUT2D eigenvalue weighted by molar-refractivity contribution is 0.00654. The third kappa shape index (κ3) is 2.85. The molecular formula is C24H31NO3S. The molecule has 0 aliphatic heterocycles. The Hall–Kier alpha value is -1.85. The summed E-state index contributed by atoms with van der Waals surface area (Å²) >= 11 is 0.